The number of carboxylic acid groups (broad SMARTS) is 1. The molecule has 2 aromatic rings. The van der Waals surface area contributed by atoms with Crippen LogP contribution in [-0.2, 0) is 16.0 Å². The molecule has 0 heterocycles. The molecule has 6 nitrogen and oxygen atoms in total. The molecule has 2 N–H and O–H groups in total. The molecule has 142 valence electrons. The number of para-hydroxylation sites is 1. The van der Waals surface area contributed by atoms with Crippen molar-refractivity contribution in [2.24, 2.45) is 5.92 Å². The van der Waals surface area contributed by atoms with Crippen LogP contribution in [0.3, 0.4) is 0 Å². The standard InChI is InChI=1S/C21H23NO5/c1-27-19-10-6-5-9-16(19)13-17(21(25)26)14-22-20(24)12-11-18(23)15-7-3-2-4-8-15/h2-10,17H,11-14H2,1H3,(H,22,24)(H,25,26). The largest absolute Gasteiger partial charge is 0.496 e. The summed E-state index contributed by atoms with van der Waals surface area (Å²) in [5.74, 6) is -1.62. The number of benzene rings is 2. The first-order valence-corrected chi connectivity index (χ1v) is 8.71. The zero-order valence-electron chi connectivity index (χ0n) is 15.2. The molecule has 0 saturated heterocycles. The summed E-state index contributed by atoms with van der Waals surface area (Å²) < 4.78 is 5.24. The number of carbonyl (C=O) groups is 3. The molecular weight excluding hydrogens is 346 g/mol. The fourth-order valence-corrected chi connectivity index (χ4v) is 2.70. The van der Waals surface area contributed by atoms with E-state index < -0.39 is 11.9 Å². The van der Waals surface area contributed by atoms with Crippen LogP contribution in [0.25, 0.3) is 0 Å². The molecular formula is C21H23NO5. The molecule has 6 heteroatoms. The fourth-order valence-electron chi connectivity index (χ4n) is 2.70. The van der Waals surface area contributed by atoms with E-state index in [2.05, 4.69) is 5.32 Å². The van der Waals surface area contributed by atoms with E-state index in [1.807, 2.05) is 18.2 Å². The number of ketones is 1. The van der Waals surface area contributed by atoms with Gasteiger partial charge in [-0.2, -0.15) is 0 Å². The average Bonchev–Trinajstić information content (AvgIpc) is 2.69. The van der Waals surface area contributed by atoms with Crippen molar-refractivity contribution >= 4 is 17.7 Å². The molecule has 0 aliphatic rings. The Bertz CT molecular complexity index is 788. The number of ether oxygens (including phenoxy) is 1. The molecule has 0 radical (unpaired) electrons. The number of carbonyl (C=O) groups excluding carboxylic acids is 2. The summed E-state index contributed by atoms with van der Waals surface area (Å²) in [6.45, 7) is -0.00819. The summed E-state index contributed by atoms with van der Waals surface area (Å²) in [7, 11) is 1.53. The second-order valence-electron chi connectivity index (χ2n) is 6.14. The number of Topliss-reactive ketones (excluding diaryl/α,β-unsaturated/α-hetero) is 1. The highest BCUT2D eigenvalue weighted by Gasteiger charge is 2.21. The number of nitrogens with one attached hydrogen (secondary N) is 1. The van der Waals surface area contributed by atoms with Gasteiger partial charge >= 0.3 is 5.97 Å². The maximum atomic E-state index is 12.0. The zero-order chi connectivity index (χ0) is 19.6. The maximum Gasteiger partial charge on any atom is 0.308 e. The van der Waals surface area contributed by atoms with E-state index >= 15 is 0 Å². The number of hydrogen-bond acceptors (Lipinski definition) is 4. The van der Waals surface area contributed by atoms with Crippen LogP contribution in [0.2, 0.25) is 0 Å². The monoisotopic (exact) mass is 369 g/mol. The van der Waals surface area contributed by atoms with Crippen molar-refractivity contribution in [3.8, 4) is 5.75 Å². The highest BCUT2D eigenvalue weighted by Crippen LogP contribution is 2.21. The van der Waals surface area contributed by atoms with Crippen molar-refractivity contribution in [3.05, 3.63) is 65.7 Å². The molecule has 2 aromatic carbocycles. The molecule has 0 bridgehead atoms. The summed E-state index contributed by atoms with van der Waals surface area (Å²) in [6, 6.07) is 15.9. The van der Waals surface area contributed by atoms with E-state index in [0.717, 1.165) is 5.56 Å². The van der Waals surface area contributed by atoms with E-state index in [1.165, 1.54) is 7.11 Å². The number of carboxylic acids is 1. The number of aliphatic carboxylic acids is 1. The molecule has 27 heavy (non-hydrogen) atoms. The van der Waals surface area contributed by atoms with Crippen LogP contribution in [0.15, 0.2) is 54.6 Å². The van der Waals surface area contributed by atoms with Crippen LogP contribution < -0.4 is 10.1 Å². The molecule has 0 aliphatic heterocycles. The lowest BCUT2D eigenvalue weighted by atomic mass is 9.98. The molecule has 0 aliphatic carbocycles. The van der Waals surface area contributed by atoms with E-state index in [4.69, 9.17) is 4.74 Å². The van der Waals surface area contributed by atoms with Gasteiger partial charge in [0.1, 0.15) is 5.75 Å². The zero-order valence-corrected chi connectivity index (χ0v) is 15.2. The smallest absolute Gasteiger partial charge is 0.308 e. The van der Waals surface area contributed by atoms with Crippen molar-refractivity contribution in [2.75, 3.05) is 13.7 Å². The Balaban J connectivity index is 1.85. The molecule has 0 saturated carbocycles. The Kier molecular flexibility index (Phi) is 7.55. The van der Waals surface area contributed by atoms with Crippen molar-refractivity contribution in [1.82, 2.24) is 5.32 Å². The third-order valence-corrected chi connectivity index (χ3v) is 4.23. The van der Waals surface area contributed by atoms with Gasteiger partial charge in [0, 0.05) is 24.9 Å². The molecule has 1 atom stereocenters. The fraction of sp³-hybridized carbons (Fsp3) is 0.286. The number of rotatable bonds is 10. The first-order chi connectivity index (χ1) is 13.0. The van der Waals surface area contributed by atoms with Gasteiger partial charge in [0.15, 0.2) is 5.78 Å². The van der Waals surface area contributed by atoms with Crippen LogP contribution in [-0.4, -0.2) is 36.4 Å². The predicted molar refractivity (Wildman–Crippen MR) is 101 cm³/mol. The lowest BCUT2D eigenvalue weighted by molar-refractivity contribution is -0.141. The minimum atomic E-state index is -0.999. The third-order valence-electron chi connectivity index (χ3n) is 4.23. The highest BCUT2D eigenvalue weighted by molar-refractivity contribution is 5.97. The lowest BCUT2D eigenvalue weighted by Gasteiger charge is -2.15. The Labute approximate surface area is 158 Å². The van der Waals surface area contributed by atoms with Crippen molar-refractivity contribution in [2.45, 2.75) is 19.3 Å². The average molecular weight is 369 g/mol. The molecule has 1 amide bonds. The van der Waals surface area contributed by atoms with E-state index in [-0.39, 0.29) is 37.5 Å². The number of hydrogen-bond donors (Lipinski definition) is 2. The highest BCUT2D eigenvalue weighted by atomic mass is 16.5. The molecule has 1 unspecified atom stereocenters. The van der Waals surface area contributed by atoms with Gasteiger partial charge in [0.25, 0.3) is 0 Å². The lowest BCUT2D eigenvalue weighted by Crippen LogP contribution is -2.34. The van der Waals surface area contributed by atoms with E-state index in [1.54, 1.807) is 36.4 Å². The van der Waals surface area contributed by atoms with Gasteiger partial charge < -0.3 is 15.2 Å². The Hall–Kier alpha value is -3.15. The predicted octanol–water partition coefficient (Wildman–Crippen LogP) is 2.72. The van der Waals surface area contributed by atoms with Crippen molar-refractivity contribution in [3.63, 3.8) is 0 Å². The Morgan fingerprint density at radius 3 is 2.33 bits per heavy atom. The minimum Gasteiger partial charge on any atom is -0.496 e. The number of amides is 1. The summed E-state index contributed by atoms with van der Waals surface area (Å²) in [5.41, 5.74) is 1.32. The van der Waals surface area contributed by atoms with Gasteiger partial charge in [-0.3, -0.25) is 14.4 Å². The second-order valence-corrected chi connectivity index (χ2v) is 6.14. The first-order valence-electron chi connectivity index (χ1n) is 8.71. The molecule has 0 spiro atoms. The molecule has 2 rings (SSSR count). The summed E-state index contributed by atoms with van der Waals surface area (Å²) >= 11 is 0. The Morgan fingerprint density at radius 1 is 1.00 bits per heavy atom. The van der Waals surface area contributed by atoms with Gasteiger partial charge in [0.05, 0.1) is 13.0 Å². The normalized spacial score (nSPS) is 11.4. The first kappa shape index (κ1) is 20.2. The van der Waals surface area contributed by atoms with Gasteiger partial charge in [-0.1, -0.05) is 48.5 Å². The topological polar surface area (TPSA) is 92.7 Å². The molecule has 0 fully saturated rings. The SMILES string of the molecule is COc1ccccc1CC(CNC(=O)CCC(=O)c1ccccc1)C(=O)O. The Morgan fingerprint density at radius 2 is 1.67 bits per heavy atom. The van der Waals surface area contributed by atoms with Crippen LogP contribution >= 0.6 is 0 Å². The van der Waals surface area contributed by atoms with Gasteiger partial charge in [-0.15, -0.1) is 0 Å². The van der Waals surface area contributed by atoms with Crippen LogP contribution in [0.1, 0.15) is 28.8 Å². The minimum absolute atomic E-state index is 0.00819. The van der Waals surface area contributed by atoms with Crippen molar-refractivity contribution < 1.29 is 24.2 Å². The van der Waals surface area contributed by atoms with Gasteiger partial charge in [-0.05, 0) is 18.1 Å². The van der Waals surface area contributed by atoms with Crippen LogP contribution in [0.4, 0.5) is 0 Å². The van der Waals surface area contributed by atoms with Crippen molar-refractivity contribution in [1.29, 1.82) is 0 Å². The summed E-state index contributed by atoms with van der Waals surface area (Å²) in [4.78, 5) is 35.5. The quantitative estimate of drug-likeness (QED) is 0.628. The van der Waals surface area contributed by atoms with Gasteiger partial charge in [-0.25, -0.2) is 0 Å². The summed E-state index contributed by atoms with van der Waals surface area (Å²) in [5, 5.41) is 12.0. The summed E-state index contributed by atoms with van der Waals surface area (Å²) in [6.07, 6.45) is 0.345. The van der Waals surface area contributed by atoms with Crippen LogP contribution in [0, 0.1) is 5.92 Å². The second kappa shape index (κ2) is 10.1. The third kappa shape index (κ3) is 6.26. The maximum absolute atomic E-state index is 12.0. The van der Waals surface area contributed by atoms with Crippen LogP contribution in [0.5, 0.6) is 5.75 Å². The van der Waals surface area contributed by atoms with E-state index in [0.29, 0.717) is 11.3 Å². The number of methoxy groups -OCH3 is 1. The van der Waals surface area contributed by atoms with E-state index in [9.17, 15) is 19.5 Å². The molecule has 0 aromatic heterocycles. The van der Waals surface area contributed by atoms with Gasteiger partial charge in [0.2, 0.25) is 5.91 Å².